The molecule has 3 aromatic rings. The van der Waals surface area contributed by atoms with Gasteiger partial charge in [-0.1, -0.05) is 29.8 Å². The number of hydrogen-bond acceptors (Lipinski definition) is 2. The molecule has 10 heteroatoms. The molecule has 1 aromatic heterocycles. The summed E-state index contributed by atoms with van der Waals surface area (Å²) in [6, 6.07) is 9.96. The van der Waals surface area contributed by atoms with E-state index in [0.717, 1.165) is 30.4 Å². The summed E-state index contributed by atoms with van der Waals surface area (Å²) in [7, 11) is 0. The topological polar surface area (TPSA) is 42.2 Å². The molecule has 0 saturated heterocycles. The van der Waals surface area contributed by atoms with Crippen molar-refractivity contribution >= 4 is 29.3 Å². The Bertz CT molecular complexity index is 1130. The van der Waals surface area contributed by atoms with E-state index < -0.39 is 29.4 Å². The Kier molecular flexibility index (Phi) is 6.17. The number of amides is 1. The van der Waals surface area contributed by atoms with Crippen LogP contribution in [0.4, 0.5) is 32.0 Å². The van der Waals surface area contributed by atoms with Crippen molar-refractivity contribution in [3.05, 3.63) is 82.6 Å². The van der Waals surface area contributed by atoms with Gasteiger partial charge in [-0.25, -0.2) is 0 Å². The Labute approximate surface area is 176 Å². The van der Waals surface area contributed by atoms with Gasteiger partial charge in [-0.05, 0) is 42.5 Å². The third kappa shape index (κ3) is 5.49. The van der Waals surface area contributed by atoms with Crippen LogP contribution in [-0.4, -0.2) is 5.91 Å². The maximum absolute atomic E-state index is 13.1. The Morgan fingerprint density at radius 3 is 2.32 bits per heavy atom. The summed E-state index contributed by atoms with van der Waals surface area (Å²) in [6.45, 7) is 0. The number of carbonyl (C=O) groups excluding carboxylic acids is 1. The van der Waals surface area contributed by atoms with Crippen molar-refractivity contribution in [1.29, 1.82) is 0 Å². The lowest BCUT2D eigenvalue weighted by molar-refractivity contribution is -0.138. The van der Waals surface area contributed by atoms with Gasteiger partial charge in [0.25, 0.3) is 0 Å². The molecule has 0 fully saturated rings. The standard InChI is InChI=1S/C21H12ClF6NO2/c22-16-8-5-12(20(23,24)25)11-17(16)29-19(30)10-7-13-6-9-18(31-13)14-3-1-2-4-15(14)21(26,27)28/h1-11H,(H,29,30)/b10-7+. The van der Waals surface area contributed by atoms with E-state index in [1.165, 1.54) is 30.3 Å². The summed E-state index contributed by atoms with van der Waals surface area (Å²) < 4.78 is 83.2. The van der Waals surface area contributed by atoms with E-state index in [1.807, 2.05) is 0 Å². The second kappa shape index (κ2) is 8.50. The van der Waals surface area contributed by atoms with Gasteiger partial charge in [0.15, 0.2) is 0 Å². The molecule has 3 rings (SSSR count). The van der Waals surface area contributed by atoms with E-state index >= 15 is 0 Å². The predicted molar refractivity (Wildman–Crippen MR) is 103 cm³/mol. The summed E-state index contributed by atoms with van der Waals surface area (Å²) in [5, 5.41) is 2.11. The maximum Gasteiger partial charge on any atom is 0.417 e. The number of anilines is 1. The van der Waals surface area contributed by atoms with E-state index in [1.54, 1.807) is 0 Å². The van der Waals surface area contributed by atoms with Crippen LogP contribution in [0.5, 0.6) is 0 Å². The van der Waals surface area contributed by atoms with Crippen LogP contribution >= 0.6 is 11.6 Å². The monoisotopic (exact) mass is 459 g/mol. The third-order valence-corrected chi connectivity index (χ3v) is 4.40. The Hall–Kier alpha value is -3.20. The minimum absolute atomic E-state index is 0.0612. The number of rotatable bonds is 4. The summed E-state index contributed by atoms with van der Waals surface area (Å²) >= 11 is 5.81. The SMILES string of the molecule is O=C(/C=C/c1ccc(-c2ccccc2C(F)(F)F)o1)Nc1cc(C(F)(F)F)ccc1Cl. The number of hydrogen-bond donors (Lipinski definition) is 1. The van der Waals surface area contributed by atoms with E-state index in [4.69, 9.17) is 16.0 Å². The zero-order valence-electron chi connectivity index (χ0n) is 15.3. The molecule has 0 aliphatic heterocycles. The highest BCUT2D eigenvalue weighted by Crippen LogP contribution is 2.37. The second-order valence-electron chi connectivity index (χ2n) is 6.26. The lowest BCUT2D eigenvalue weighted by Crippen LogP contribution is -2.10. The van der Waals surface area contributed by atoms with Gasteiger partial charge < -0.3 is 9.73 Å². The minimum Gasteiger partial charge on any atom is -0.457 e. The molecule has 0 saturated carbocycles. The van der Waals surface area contributed by atoms with Crippen molar-refractivity contribution < 1.29 is 35.6 Å². The summed E-state index contributed by atoms with van der Waals surface area (Å²) in [5.74, 6) is -0.805. The van der Waals surface area contributed by atoms with Gasteiger partial charge in [0.05, 0.1) is 21.8 Å². The van der Waals surface area contributed by atoms with Crippen LogP contribution in [-0.2, 0) is 17.1 Å². The third-order valence-electron chi connectivity index (χ3n) is 4.08. The molecule has 0 bridgehead atoms. The first-order chi connectivity index (χ1) is 14.4. The van der Waals surface area contributed by atoms with Crippen molar-refractivity contribution in [3.8, 4) is 11.3 Å². The predicted octanol–water partition coefficient (Wildman–Crippen LogP) is 7.29. The van der Waals surface area contributed by atoms with Gasteiger partial charge in [0.1, 0.15) is 11.5 Å². The minimum atomic E-state index is -4.61. The molecular formula is C21H12ClF6NO2. The van der Waals surface area contributed by atoms with Crippen LogP contribution in [0.2, 0.25) is 5.02 Å². The normalized spacial score (nSPS) is 12.4. The van der Waals surface area contributed by atoms with Crippen LogP contribution in [0.3, 0.4) is 0 Å². The first-order valence-electron chi connectivity index (χ1n) is 8.57. The molecule has 0 radical (unpaired) electrons. The highest BCUT2D eigenvalue weighted by Gasteiger charge is 2.34. The molecule has 0 aliphatic rings. The van der Waals surface area contributed by atoms with Crippen molar-refractivity contribution in [2.24, 2.45) is 0 Å². The lowest BCUT2D eigenvalue weighted by atomic mass is 10.1. The van der Waals surface area contributed by atoms with E-state index in [9.17, 15) is 31.1 Å². The maximum atomic E-state index is 13.1. The number of carbonyl (C=O) groups is 1. The summed E-state index contributed by atoms with van der Waals surface area (Å²) in [5.41, 5.74) is -2.28. The average molecular weight is 460 g/mol. The van der Waals surface area contributed by atoms with Crippen molar-refractivity contribution in [3.63, 3.8) is 0 Å². The van der Waals surface area contributed by atoms with Gasteiger partial charge in [0, 0.05) is 11.6 Å². The zero-order chi connectivity index (χ0) is 22.8. The fourth-order valence-electron chi connectivity index (χ4n) is 2.66. The Balaban J connectivity index is 1.77. The highest BCUT2D eigenvalue weighted by molar-refractivity contribution is 6.33. The van der Waals surface area contributed by atoms with Crippen LogP contribution in [0.25, 0.3) is 17.4 Å². The van der Waals surface area contributed by atoms with E-state index in [0.29, 0.717) is 6.07 Å². The van der Waals surface area contributed by atoms with Gasteiger partial charge in [0.2, 0.25) is 5.91 Å². The molecule has 31 heavy (non-hydrogen) atoms. The highest BCUT2D eigenvalue weighted by atomic mass is 35.5. The first kappa shape index (κ1) is 22.5. The largest absolute Gasteiger partial charge is 0.457 e. The van der Waals surface area contributed by atoms with Crippen LogP contribution in [0.15, 0.2) is 65.1 Å². The number of alkyl halides is 6. The molecule has 2 aromatic carbocycles. The average Bonchev–Trinajstić information content (AvgIpc) is 3.15. The molecule has 1 heterocycles. The zero-order valence-corrected chi connectivity index (χ0v) is 16.1. The summed E-state index contributed by atoms with van der Waals surface area (Å²) in [6.07, 6.45) is -7.08. The number of furan rings is 1. The molecule has 1 amide bonds. The molecule has 3 nitrogen and oxygen atoms in total. The van der Waals surface area contributed by atoms with Crippen LogP contribution in [0.1, 0.15) is 16.9 Å². The molecule has 0 spiro atoms. The quantitative estimate of drug-likeness (QED) is 0.329. The molecule has 0 atom stereocenters. The molecule has 1 N–H and O–H groups in total. The Morgan fingerprint density at radius 1 is 0.935 bits per heavy atom. The fourth-order valence-corrected chi connectivity index (χ4v) is 2.83. The first-order valence-corrected chi connectivity index (χ1v) is 8.95. The lowest BCUT2D eigenvalue weighted by Gasteiger charge is -2.10. The van der Waals surface area contributed by atoms with Gasteiger partial charge >= 0.3 is 12.4 Å². The van der Waals surface area contributed by atoms with Gasteiger partial charge in [-0.2, -0.15) is 26.3 Å². The smallest absolute Gasteiger partial charge is 0.417 e. The van der Waals surface area contributed by atoms with Gasteiger partial charge in [-0.15, -0.1) is 0 Å². The van der Waals surface area contributed by atoms with Gasteiger partial charge in [-0.3, -0.25) is 4.79 Å². The van der Waals surface area contributed by atoms with Crippen molar-refractivity contribution in [2.45, 2.75) is 12.4 Å². The molecular weight excluding hydrogens is 448 g/mol. The van der Waals surface area contributed by atoms with E-state index in [2.05, 4.69) is 5.32 Å². The molecule has 0 aliphatic carbocycles. The number of nitrogens with one attached hydrogen (secondary N) is 1. The summed E-state index contributed by atoms with van der Waals surface area (Å²) in [4.78, 5) is 12.0. The van der Waals surface area contributed by atoms with Crippen LogP contribution < -0.4 is 5.32 Å². The number of benzene rings is 2. The second-order valence-corrected chi connectivity index (χ2v) is 6.67. The molecule has 0 unspecified atom stereocenters. The van der Waals surface area contributed by atoms with Crippen molar-refractivity contribution in [2.75, 3.05) is 5.32 Å². The van der Waals surface area contributed by atoms with E-state index in [-0.39, 0.29) is 27.8 Å². The molecule has 162 valence electrons. The fraction of sp³-hybridized carbons (Fsp3) is 0.0952. The van der Waals surface area contributed by atoms with Crippen LogP contribution in [0, 0.1) is 0 Å². The van der Waals surface area contributed by atoms with Crippen molar-refractivity contribution in [1.82, 2.24) is 0 Å². The Morgan fingerprint density at radius 2 is 1.65 bits per heavy atom. The number of halogens is 7.